The van der Waals surface area contributed by atoms with Gasteiger partial charge in [-0.25, -0.2) is 4.79 Å². The minimum atomic E-state index is -0.766. The molecule has 0 amide bonds. The molecule has 0 saturated carbocycles. The molecule has 0 spiro atoms. The van der Waals surface area contributed by atoms with E-state index in [-0.39, 0.29) is 22.7 Å². The molecule has 0 saturated heterocycles. The van der Waals surface area contributed by atoms with Crippen molar-refractivity contribution in [3.63, 3.8) is 0 Å². The van der Waals surface area contributed by atoms with Gasteiger partial charge in [-0.15, -0.1) is 0 Å². The highest BCUT2D eigenvalue weighted by molar-refractivity contribution is 6.13. The molecule has 1 heterocycles. The summed E-state index contributed by atoms with van der Waals surface area (Å²) in [7, 11) is 4.31. The zero-order chi connectivity index (χ0) is 23.1. The van der Waals surface area contributed by atoms with E-state index in [4.69, 9.17) is 19.0 Å². The molecule has 32 heavy (non-hydrogen) atoms. The molecule has 164 valence electrons. The van der Waals surface area contributed by atoms with E-state index >= 15 is 0 Å². The minimum absolute atomic E-state index is 0.0720. The number of ether oxygens (including phenoxy) is 3. The van der Waals surface area contributed by atoms with Gasteiger partial charge in [0.15, 0.2) is 11.5 Å². The minimum Gasteiger partial charge on any atom is -0.493 e. The molecular weight excluding hydrogens is 418 g/mol. The number of pyridine rings is 1. The summed E-state index contributed by atoms with van der Waals surface area (Å²) in [6, 6.07) is 11.9. The normalized spacial score (nSPS) is 10.9. The molecule has 0 radical (unpaired) electrons. The first kappa shape index (κ1) is 22.2. The lowest BCUT2D eigenvalue weighted by Gasteiger charge is -2.13. The zero-order valence-electron chi connectivity index (χ0n) is 17.5. The number of carbonyl (C=O) groups excluding carboxylic acids is 1. The number of carbonyl (C=O) groups is 1. The molecule has 0 atom stereocenters. The van der Waals surface area contributed by atoms with Crippen LogP contribution in [0, 0.1) is 10.1 Å². The maximum atomic E-state index is 12.7. The smallest absolute Gasteiger partial charge is 0.366 e. The van der Waals surface area contributed by atoms with E-state index in [1.807, 2.05) is 0 Å². The molecule has 2 aromatic carbocycles. The Bertz CT molecular complexity index is 1120. The second kappa shape index (κ2) is 10.0. The molecule has 0 aliphatic rings. The van der Waals surface area contributed by atoms with Crippen LogP contribution < -0.4 is 14.2 Å². The fraction of sp³-hybridized carbons (Fsp3) is 0.136. The average Bonchev–Trinajstić information content (AvgIpc) is 2.83. The summed E-state index contributed by atoms with van der Waals surface area (Å²) in [4.78, 5) is 32.3. The third-order valence-corrected chi connectivity index (χ3v) is 4.43. The van der Waals surface area contributed by atoms with Gasteiger partial charge < -0.3 is 19.0 Å². The summed E-state index contributed by atoms with van der Waals surface area (Å²) in [5.41, 5.74) is 1.47. The van der Waals surface area contributed by atoms with Gasteiger partial charge in [-0.1, -0.05) is 5.16 Å². The highest BCUT2D eigenvalue weighted by Gasteiger charge is 2.19. The Balaban J connectivity index is 1.97. The van der Waals surface area contributed by atoms with Crippen molar-refractivity contribution >= 4 is 17.4 Å². The number of aromatic nitrogens is 1. The first-order valence-electron chi connectivity index (χ1n) is 9.23. The van der Waals surface area contributed by atoms with Crippen LogP contribution in [0.4, 0.5) is 5.69 Å². The molecule has 0 N–H and O–H groups in total. The van der Waals surface area contributed by atoms with Gasteiger partial charge in [0.05, 0.1) is 31.8 Å². The molecule has 0 aliphatic carbocycles. The van der Waals surface area contributed by atoms with E-state index in [0.29, 0.717) is 22.6 Å². The van der Waals surface area contributed by atoms with E-state index in [2.05, 4.69) is 10.1 Å². The van der Waals surface area contributed by atoms with Gasteiger partial charge >= 0.3 is 5.97 Å². The van der Waals surface area contributed by atoms with Crippen molar-refractivity contribution in [1.82, 2.24) is 4.98 Å². The van der Waals surface area contributed by atoms with Crippen LogP contribution in [0.25, 0.3) is 0 Å². The van der Waals surface area contributed by atoms with Crippen molar-refractivity contribution < 1.29 is 28.8 Å². The molecule has 3 aromatic rings. The van der Waals surface area contributed by atoms with Crippen LogP contribution in [-0.4, -0.2) is 42.9 Å². The lowest BCUT2D eigenvalue weighted by Crippen LogP contribution is -2.09. The molecule has 3 rings (SSSR count). The summed E-state index contributed by atoms with van der Waals surface area (Å²) in [5.74, 6) is 0.135. The number of benzene rings is 2. The van der Waals surface area contributed by atoms with Crippen LogP contribution in [-0.2, 0) is 4.84 Å². The van der Waals surface area contributed by atoms with Crippen molar-refractivity contribution in [2.75, 3.05) is 21.3 Å². The van der Waals surface area contributed by atoms with Gasteiger partial charge in [0.25, 0.3) is 5.69 Å². The van der Waals surface area contributed by atoms with E-state index in [0.717, 1.165) is 0 Å². The van der Waals surface area contributed by atoms with Crippen molar-refractivity contribution in [2.24, 2.45) is 5.16 Å². The van der Waals surface area contributed by atoms with Gasteiger partial charge in [-0.2, -0.15) is 0 Å². The number of hydrogen-bond donors (Lipinski definition) is 0. The van der Waals surface area contributed by atoms with Crippen molar-refractivity contribution in [3.05, 3.63) is 87.7 Å². The number of methoxy groups -OCH3 is 3. The van der Waals surface area contributed by atoms with Crippen molar-refractivity contribution in [2.45, 2.75) is 0 Å². The molecule has 10 nitrogen and oxygen atoms in total. The maximum absolute atomic E-state index is 12.7. The second-order valence-corrected chi connectivity index (χ2v) is 6.27. The largest absolute Gasteiger partial charge is 0.493 e. The lowest BCUT2D eigenvalue weighted by molar-refractivity contribution is -0.384. The fourth-order valence-electron chi connectivity index (χ4n) is 2.86. The Labute approximate surface area is 183 Å². The Morgan fingerprint density at radius 3 is 1.94 bits per heavy atom. The molecule has 0 bridgehead atoms. The second-order valence-electron chi connectivity index (χ2n) is 6.27. The summed E-state index contributed by atoms with van der Waals surface area (Å²) in [6.07, 6.45) is 3.11. The Morgan fingerprint density at radius 2 is 1.44 bits per heavy atom. The van der Waals surface area contributed by atoms with Crippen molar-refractivity contribution in [1.29, 1.82) is 0 Å². The average molecular weight is 437 g/mol. The van der Waals surface area contributed by atoms with E-state index < -0.39 is 10.9 Å². The summed E-state index contributed by atoms with van der Waals surface area (Å²) < 4.78 is 15.8. The topological polar surface area (TPSA) is 122 Å². The Morgan fingerprint density at radius 1 is 0.875 bits per heavy atom. The monoisotopic (exact) mass is 437 g/mol. The molecule has 0 unspecified atom stereocenters. The number of non-ortho nitro benzene ring substituents is 1. The summed E-state index contributed by atoms with van der Waals surface area (Å²) >= 11 is 0. The standard InChI is InChI=1S/C22H19N3O7/c1-29-18-12-16(13-19(30-2)21(18)31-3)22(26)32-24-20(15-8-10-23-11-9-15)14-4-6-17(7-5-14)25(27)28/h4-13H,1-3H3. The lowest BCUT2D eigenvalue weighted by atomic mass is 10.0. The van der Waals surface area contributed by atoms with Crippen LogP contribution in [0.15, 0.2) is 66.1 Å². The Kier molecular flexibility index (Phi) is 6.96. The first-order valence-corrected chi connectivity index (χ1v) is 9.23. The molecular formula is C22H19N3O7. The van der Waals surface area contributed by atoms with Crippen LogP contribution >= 0.6 is 0 Å². The fourth-order valence-corrected chi connectivity index (χ4v) is 2.86. The summed E-state index contributed by atoms with van der Waals surface area (Å²) in [6.45, 7) is 0. The predicted molar refractivity (Wildman–Crippen MR) is 114 cm³/mol. The van der Waals surface area contributed by atoms with Crippen molar-refractivity contribution in [3.8, 4) is 17.2 Å². The SMILES string of the molecule is COc1cc(C(=O)ON=C(c2ccncc2)c2ccc([N+](=O)[O-])cc2)cc(OC)c1OC. The first-order chi connectivity index (χ1) is 15.5. The van der Waals surface area contributed by atoms with Crippen LogP contribution in [0.5, 0.6) is 17.2 Å². The predicted octanol–water partition coefficient (Wildman–Crippen LogP) is 3.63. The number of hydrogen-bond acceptors (Lipinski definition) is 9. The number of nitro groups is 1. The van der Waals surface area contributed by atoms with Gasteiger partial charge in [-0.3, -0.25) is 15.1 Å². The maximum Gasteiger partial charge on any atom is 0.366 e. The Hall–Kier alpha value is -4.47. The van der Waals surface area contributed by atoms with Crippen LogP contribution in [0.2, 0.25) is 0 Å². The third kappa shape index (κ3) is 4.81. The number of oxime groups is 1. The number of nitro benzene ring substituents is 1. The molecule has 0 aliphatic heterocycles. The molecule has 0 fully saturated rings. The van der Waals surface area contributed by atoms with Crippen LogP contribution in [0.1, 0.15) is 21.5 Å². The molecule has 10 heteroatoms. The van der Waals surface area contributed by atoms with Gasteiger partial charge in [0.1, 0.15) is 5.71 Å². The van der Waals surface area contributed by atoms with Gasteiger partial charge in [-0.05, 0) is 36.4 Å². The van der Waals surface area contributed by atoms with Gasteiger partial charge in [0.2, 0.25) is 5.75 Å². The highest BCUT2D eigenvalue weighted by atomic mass is 16.7. The van der Waals surface area contributed by atoms with Gasteiger partial charge in [0, 0.05) is 35.7 Å². The number of nitrogens with zero attached hydrogens (tertiary/aromatic N) is 3. The van der Waals surface area contributed by atoms with Crippen LogP contribution in [0.3, 0.4) is 0 Å². The molecule has 1 aromatic heterocycles. The quantitative estimate of drug-likeness (QED) is 0.227. The van der Waals surface area contributed by atoms with E-state index in [1.165, 1.54) is 57.7 Å². The third-order valence-electron chi connectivity index (χ3n) is 4.43. The van der Waals surface area contributed by atoms with E-state index in [9.17, 15) is 14.9 Å². The zero-order valence-corrected chi connectivity index (χ0v) is 17.5. The number of rotatable bonds is 8. The summed E-state index contributed by atoms with van der Waals surface area (Å²) in [5, 5.41) is 15.0. The highest BCUT2D eigenvalue weighted by Crippen LogP contribution is 2.38. The van der Waals surface area contributed by atoms with E-state index in [1.54, 1.807) is 24.5 Å².